The van der Waals surface area contributed by atoms with Crippen LogP contribution < -0.4 is 9.47 Å². The van der Waals surface area contributed by atoms with E-state index in [0.717, 1.165) is 99.7 Å². The minimum Gasteiger partial charge on any atom is -0.494 e. The van der Waals surface area contributed by atoms with Gasteiger partial charge in [-0.05, 0) is 136 Å². The summed E-state index contributed by atoms with van der Waals surface area (Å²) in [5.74, 6) is 1.13. The molecule has 1 fully saturated rings. The quantitative estimate of drug-likeness (QED) is 0.0444. The lowest BCUT2D eigenvalue weighted by atomic mass is 9.83. The second-order valence-electron chi connectivity index (χ2n) is 12.8. The molecule has 1 saturated carbocycles. The third-order valence-corrected chi connectivity index (χ3v) is 9.04. The van der Waals surface area contributed by atoms with E-state index in [1.807, 2.05) is 60.7 Å². The maximum atomic E-state index is 12.9. The zero-order chi connectivity index (χ0) is 36.1. The summed E-state index contributed by atoms with van der Waals surface area (Å²) in [5, 5.41) is 0. The topological polar surface area (TPSA) is 97.4 Å². The smallest absolute Gasteiger partial charge is 0.338 e. The number of hydrogen-bond acceptors (Lipinski definition) is 8. The van der Waals surface area contributed by atoms with Crippen LogP contribution in [0.1, 0.15) is 98.9 Å². The Morgan fingerprint density at radius 3 is 1.45 bits per heavy atom. The second kappa shape index (κ2) is 22.1. The largest absolute Gasteiger partial charge is 0.494 e. The van der Waals surface area contributed by atoms with E-state index in [2.05, 4.69) is 25.3 Å². The molecule has 8 nitrogen and oxygen atoms in total. The molecule has 0 aromatic heterocycles. The van der Waals surface area contributed by atoms with Crippen LogP contribution in [-0.2, 0) is 23.8 Å². The predicted molar refractivity (Wildman–Crippen MR) is 199 cm³/mol. The van der Waals surface area contributed by atoms with Crippen LogP contribution >= 0.6 is 0 Å². The molecule has 8 heteroatoms. The Bertz CT molecular complexity index is 1500. The van der Waals surface area contributed by atoms with Gasteiger partial charge >= 0.3 is 17.9 Å². The second-order valence-corrected chi connectivity index (χ2v) is 12.8. The van der Waals surface area contributed by atoms with Crippen molar-refractivity contribution in [3.8, 4) is 22.6 Å². The molecule has 0 radical (unpaired) electrons. The SMILES string of the molecule is C=CC(=O)OCCCCCCOc1ccc(-c2ccc(C(=O)O[C@H]3CC[C@H](c4ccc(OCCCCCCOC(=O)C=C)cc4)CC3)cc2)cc1. The van der Waals surface area contributed by atoms with Crippen LogP contribution in [-0.4, -0.2) is 50.4 Å². The summed E-state index contributed by atoms with van der Waals surface area (Å²) in [5.41, 5.74) is 3.93. The lowest BCUT2D eigenvalue weighted by Gasteiger charge is -2.28. The first-order valence-corrected chi connectivity index (χ1v) is 18.3. The van der Waals surface area contributed by atoms with Gasteiger partial charge in [0.05, 0.1) is 32.0 Å². The number of carbonyl (C=O) groups excluding carboxylic acids is 3. The van der Waals surface area contributed by atoms with Gasteiger partial charge in [-0.1, -0.05) is 49.6 Å². The fourth-order valence-electron chi connectivity index (χ4n) is 6.07. The molecule has 0 amide bonds. The first kappa shape index (κ1) is 38.9. The maximum absolute atomic E-state index is 12.9. The Hall–Kier alpha value is -4.85. The molecule has 0 spiro atoms. The van der Waals surface area contributed by atoms with Gasteiger partial charge in [-0.2, -0.15) is 0 Å². The van der Waals surface area contributed by atoms with Gasteiger partial charge < -0.3 is 23.7 Å². The number of ether oxygens (including phenoxy) is 5. The van der Waals surface area contributed by atoms with E-state index < -0.39 is 0 Å². The fraction of sp³-hybridized carbons (Fsp3) is 0.419. The molecular weight excluding hydrogens is 644 g/mol. The molecule has 3 aromatic rings. The van der Waals surface area contributed by atoms with Crippen LogP contribution in [0.5, 0.6) is 11.5 Å². The van der Waals surface area contributed by atoms with E-state index in [9.17, 15) is 14.4 Å². The van der Waals surface area contributed by atoms with Crippen molar-refractivity contribution in [2.75, 3.05) is 26.4 Å². The van der Waals surface area contributed by atoms with Crippen molar-refractivity contribution in [1.29, 1.82) is 0 Å². The number of benzene rings is 3. The zero-order valence-corrected chi connectivity index (χ0v) is 29.7. The van der Waals surface area contributed by atoms with E-state index in [-0.39, 0.29) is 24.0 Å². The number of esters is 3. The van der Waals surface area contributed by atoms with Gasteiger partial charge in [0.1, 0.15) is 17.6 Å². The minimum absolute atomic E-state index is 0.0698. The van der Waals surface area contributed by atoms with Crippen molar-refractivity contribution in [3.05, 3.63) is 109 Å². The van der Waals surface area contributed by atoms with E-state index in [1.165, 1.54) is 17.7 Å². The van der Waals surface area contributed by atoms with Gasteiger partial charge in [0.25, 0.3) is 0 Å². The third kappa shape index (κ3) is 14.1. The summed E-state index contributed by atoms with van der Waals surface area (Å²) in [6.07, 6.45) is 13.5. The van der Waals surface area contributed by atoms with Crippen LogP contribution in [0.3, 0.4) is 0 Å². The van der Waals surface area contributed by atoms with Crippen molar-refractivity contribution >= 4 is 17.9 Å². The summed E-state index contributed by atoms with van der Waals surface area (Å²) >= 11 is 0. The average Bonchev–Trinajstić information content (AvgIpc) is 3.17. The number of unbranched alkanes of at least 4 members (excludes halogenated alkanes) is 6. The summed E-state index contributed by atoms with van der Waals surface area (Å²) in [6.45, 7) is 8.93. The van der Waals surface area contributed by atoms with Crippen LogP contribution in [0.15, 0.2) is 98.1 Å². The van der Waals surface area contributed by atoms with Gasteiger partial charge in [0, 0.05) is 12.2 Å². The fourth-order valence-corrected chi connectivity index (χ4v) is 6.07. The molecule has 272 valence electrons. The Balaban J connectivity index is 1.09. The van der Waals surface area contributed by atoms with E-state index in [0.29, 0.717) is 37.9 Å². The Labute approximate surface area is 302 Å². The Morgan fingerprint density at radius 1 is 0.549 bits per heavy atom. The van der Waals surface area contributed by atoms with Crippen molar-refractivity contribution < 1.29 is 38.1 Å². The predicted octanol–water partition coefficient (Wildman–Crippen LogP) is 9.57. The molecule has 4 rings (SSSR count). The van der Waals surface area contributed by atoms with Gasteiger partial charge in [0.2, 0.25) is 0 Å². The van der Waals surface area contributed by atoms with E-state index >= 15 is 0 Å². The monoisotopic (exact) mass is 696 g/mol. The first-order chi connectivity index (χ1) is 24.9. The maximum Gasteiger partial charge on any atom is 0.338 e. The highest BCUT2D eigenvalue weighted by Gasteiger charge is 2.25. The van der Waals surface area contributed by atoms with Gasteiger partial charge in [-0.25, -0.2) is 14.4 Å². The molecule has 0 heterocycles. The van der Waals surface area contributed by atoms with Crippen molar-refractivity contribution in [2.24, 2.45) is 0 Å². The van der Waals surface area contributed by atoms with Crippen molar-refractivity contribution in [1.82, 2.24) is 0 Å². The lowest BCUT2D eigenvalue weighted by molar-refractivity contribution is -0.138. The summed E-state index contributed by atoms with van der Waals surface area (Å²) in [6, 6.07) is 23.9. The lowest BCUT2D eigenvalue weighted by Crippen LogP contribution is -2.24. The first-order valence-electron chi connectivity index (χ1n) is 18.3. The number of rotatable bonds is 22. The highest BCUT2D eigenvalue weighted by Crippen LogP contribution is 2.35. The minimum atomic E-state index is -0.375. The molecule has 1 aliphatic carbocycles. The third-order valence-electron chi connectivity index (χ3n) is 9.04. The molecule has 0 bridgehead atoms. The molecule has 3 aromatic carbocycles. The van der Waals surface area contributed by atoms with Crippen LogP contribution in [0, 0.1) is 0 Å². The van der Waals surface area contributed by atoms with Crippen molar-refractivity contribution in [2.45, 2.75) is 89.1 Å². The van der Waals surface area contributed by atoms with Crippen LogP contribution in [0.4, 0.5) is 0 Å². The van der Waals surface area contributed by atoms with E-state index in [1.54, 1.807) is 0 Å². The average molecular weight is 697 g/mol. The van der Waals surface area contributed by atoms with Crippen molar-refractivity contribution in [3.63, 3.8) is 0 Å². The normalized spacial score (nSPS) is 15.3. The highest BCUT2D eigenvalue weighted by atomic mass is 16.5. The summed E-state index contributed by atoms with van der Waals surface area (Å²) in [7, 11) is 0. The molecule has 0 atom stereocenters. The zero-order valence-electron chi connectivity index (χ0n) is 29.7. The summed E-state index contributed by atoms with van der Waals surface area (Å²) < 4.78 is 27.7. The number of hydrogen-bond donors (Lipinski definition) is 0. The Morgan fingerprint density at radius 2 is 0.980 bits per heavy atom. The molecule has 0 unspecified atom stereocenters. The van der Waals surface area contributed by atoms with Gasteiger partial charge in [-0.3, -0.25) is 0 Å². The molecule has 51 heavy (non-hydrogen) atoms. The molecule has 1 aliphatic rings. The standard InChI is InChI=1S/C43H52O8/c1-3-41(44)49-31-11-7-5-9-29-47-38-23-17-34(18-24-38)33-13-15-37(16-14-33)43(46)51-40-27-21-36(22-28-40)35-19-25-39(26-20-35)48-30-10-6-8-12-32-50-42(45)4-2/h3-4,13-20,23-26,36,40H,1-2,5-12,21-22,27-32H2/t36-,40-. The molecule has 0 saturated heterocycles. The highest BCUT2D eigenvalue weighted by molar-refractivity contribution is 5.90. The Kier molecular flexibility index (Phi) is 16.9. The molecular formula is C43H52O8. The summed E-state index contributed by atoms with van der Waals surface area (Å²) in [4.78, 5) is 35.0. The van der Waals surface area contributed by atoms with Crippen LogP contribution in [0.25, 0.3) is 11.1 Å². The molecule has 0 N–H and O–H groups in total. The van der Waals surface area contributed by atoms with E-state index in [4.69, 9.17) is 23.7 Å². The van der Waals surface area contributed by atoms with Gasteiger partial charge in [0.15, 0.2) is 0 Å². The number of carbonyl (C=O) groups is 3. The molecule has 0 aliphatic heterocycles. The van der Waals surface area contributed by atoms with Gasteiger partial charge in [-0.15, -0.1) is 0 Å². The van der Waals surface area contributed by atoms with Crippen LogP contribution in [0.2, 0.25) is 0 Å².